The van der Waals surface area contributed by atoms with Crippen LogP contribution >= 0.6 is 0 Å². The third-order valence-electron chi connectivity index (χ3n) is 11.9. The molecule has 0 aromatic carbocycles. The number of hydrazine groups is 2. The molecule has 5 fully saturated rings. The fourth-order valence-corrected chi connectivity index (χ4v) is 9.68. The molecule has 5 rings (SSSR count). The fourth-order valence-electron chi connectivity index (χ4n) is 9.68. The second kappa shape index (κ2) is 8.12. The molecule has 5 aliphatic carbocycles. The molecule has 0 aromatic heterocycles. The van der Waals surface area contributed by atoms with Gasteiger partial charge < -0.3 is 5.11 Å². The molecule has 0 bridgehead atoms. The first-order valence-electron chi connectivity index (χ1n) is 13.3. The highest BCUT2D eigenvalue weighted by molar-refractivity contribution is 5.87. The zero-order valence-electron chi connectivity index (χ0n) is 21.0. The largest absolute Gasteiger partial charge is 0.384 e. The van der Waals surface area contributed by atoms with Crippen LogP contribution in [0, 0.1) is 45.8 Å². The molecule has 0 aromatic rings. The maximum Gasteiger partial charge on any atom is 0.273 e. The summed E-state index contributed by atoms with van der Waals surface area (Å²) in [6.45, 7) is 4.68. The van der Waals surface area contributed by atoms with Gasteiger partial charge in [0.15, 0.2) is 12.3 Å². The molecule has 0 heterocycles. The number of ketones is 1. The topological polar surface area (TPSA) is 90.4 Å². The van der Waals surface area contributed by atoms with Crippen molar-refractivity contribution in [2.75, 3.05) is 13.6 Å². The highest BCUT2D eigenvalue weighted by atomic mass is 19.3. The zero-order chi connectivity index (χ0) is 24.5. The molecule has 9 unspecified atom stereocenters. The van der Waals surface area contributed by atoms with E-state index in [0.29, 0.717) is 17.8 Å². The van der Waals surface area contributed by atoms with Crippen LogP contribution in [-0.2, 0) is 4.79 Å². The van der Waals surface area contributed by atoms with Crippen molar-refractivity contribution in [2.24, 2.45) is 51.7 Å². The lowest BCUT2D eigenvalue weighted by Crippen LogP contribution is -2.49. The Labute approximate surface area is 202 Å². The molecular weight excluding hydrogens is 438 g/mol. The van der Waals surface area contributed by atoms with Crippen LogP contribution in [-0.4, -0.2) is 47.5 Å². The summed E-state index contributed by atoms with van der Waals surface area (Å²) < 4.78 is 28.6. The van der Waals surface area contributed by atoms with Gasteiger partial charge in [-0.15, -0.1) is 0 Å². The highest BCUT2D eigenvalue weighted by Crippen LogP contribution is 2.80. The number of aliphatic hydroxyl groups is 1. The first-order chi connectivity index (χ1) is 16.0. The number of alkyl halides is 2. The number of nitrogens with zero attached hydrogens (tertiary/aromatic N) is 1. The van der Waals surface area contributed by atoms with Crippen molar-refractivity contribution >= 4 is 12.1 Å². The van der Waals surface area contributed by atoms with E-state index in [1.807, 2.05) is 0 Å². The fraction of sp³-hybridized carbons (Fsp3) is 0.923. The number of carbonyl (C=O) groups is 1. The van der Waals surface area contributed by atoms with Gasteiger partial charge in [-0.05, 0) is 105 Å². The van der Waals surface area contributed by atoms with E-state index < -0.39 is 17.4 Å². The van der Waals surface area contributed by atoms with Crippen molar-refractivity contribution in [3.63, 3.8) is 0 Å². The predicted octanol–water partition coefficient (Wildman–Crippen LogP) is 3.24. The predicted molar refractivity (Wildman–Crippen MR) is 126 cm³/mol. The van der Waals surface area contributed by atoms with Gasteiger partial charge >= 0.3 is 0 Å². The Hall–Kier alpha value is -1.28. The Kier molecular flexibility index (Phi) is 5.83. The molecule has 1 spiro atoms. The van der Waals surface area contributed by atoms with Crippen LogP contribution in [0.3, 0.4) is 0 Å². The third kappa shape index (κ3) is 3.30. The second-order valence-corrected chi connectivity index (χ2v) is 12.8. The van der Waals surface area contributed by atoms with Crippen molar-refractivity contribution in [3.8, 4) is 0 Å². The summed E-state index contributed by atoms with van der Waals surface area (Å²) in [7, 11) is 1.75. The Bertz CT molecular complexity index is 870. The van der Waals surface area contributed by atoms with Gasteiger partial charge in [0.05, 0.1) is 0 Å². The second-order valence-electron chi connectivity index (χ2n) is 12.8. The monoisotopic (exact) mass is 481 g/mol. The average molecular weight is 482 g/mol. The quantitative estimate of drug-likeness (QED) is 0.154. The van der Waals surface area contributed by atoms with Crippen molar-refractivity contribution in [2.45, 2.75) is 90.1 Å². The normalized spacial score (nSPS) is 50.0. The molecule has 34 heavy (non-hydrogen) atoms. The number of hydrogen-bond acceptors (Lipinski definition) is 4. The van der Waals surface area contributed by atoms with E-state index in [9.17, 15) is 18.7 Å². The van der Waals surface area contributed by atoms with Crippen LogP contribution in [0.4, 0.5) is 8.78 Å². The van der Waals surface area contributed by atoms with Crippen LogP contribution in [0.5, 0.6) is 0 Å². The van der Waals surface area contributed by atoms with Crippen molar-refractivity contribution in [1.82, 2.24) is 10.9 Å². The number of hydrazone groups is 1. The first kappa shape index (κ1) is 24.4. The summed E-state index contributed by atoms with van der Waals surface area (Å²) in [5.74, 6) is 8.85. The molecule has 9 atom stereocenters. The number of rotatable bonds is 6. The van der Waals surface area contributed by atoms with Gasteiger partial charge in [0, 0.05) is 12.5 Å². The van der Waals surface area contributed by atoms with Crippen LogP contribution in [0.15, 0.2) is 0 Å². The third-order valence-corrected chi connectivity index (χ3v) is 11.9. The lowest BCUT2D eigenvalue weighted by Gasteiger charge is -2.48. The van der Waals surface area contributed by atoms with Gasteiger partial charge in [-0.25, -0.2) is 14.2 Å². The number of Topliss-reactive ketones (excluding diaryl/α,β-unsaturated/α-hetero) is 1. The maximum atomic E-state index is 13.6. The van der Waals surface area contributed by atoms with E-state index in [1.54, 1.807) is 13.4 Å². The lowest BCUT2D eigenvalue weighted by molar-refractivity contribution is -0.526. The molecule has 5 aliphatic rings. The minimum Gasteiger partial charge on any atom is -0.384 e. The van der Waals surface area contributed by atoms with Crippen molar-refractivity contribution in [3.05, 3.63) is 0 Å². The van der Waals surface area contributed by atoms with Crippen molar-refractivity contribution in [1.29, 1.82) is 0 Å². The van der Waals surface area contributed by atoms with Gasteiger partial charge in [-0.2, -0.15) is 10.1 Å². The number of carbonyl (C=O) groups excluding carboxylic acids is 1. The SMILES string of the molecule is CNNC=[N+](N)CC(=O)C1(C)CCC2CC3C4CCC5CC(O)(C(F)F)CCC5C43CCC21C. The van der Waals surface area contributed by atoms with Crippen LogP contribution in [0.25, 0.3) is 0 Å². The molecule has 0 radical (unpaired) electrons. The van der Waals surface area contributed by atoms with Crippen LogP contribution in [0.2, 0.25) is 0 Å². The number of fused-ring (bicyclic) bond motifs is 3. The van der Waals surface area contributed by atoms with Gasteiger partial charge in [-0.1, -0.05) is 13.8 Å². The smallest absolute Gasteiger partial charge is 0.273 e. The van der Waals surface area contributed by atoms with Gasteiger partial charge in [-0.3, -0.25) is 10.6 Å². The Balaban J connectivity index is 1.35. The summed E-state index contributed by atoms with van der Waals surface area (Å²) in [4.78, 5) is 13.6. The average Bonchev–Trinajstić information content (AvgIpc) is 3.39. The van der Waals surface area contributed by atoms with E-state index in [1.165, 1.54) is 11.1 Å². The summed E-state index contributed by atoms with van der Waals surface area (Å²) in [6.07, 6.45) is 7.56. The van der Waals surface area contributed by atoms with E-state index >= 15 is 0 Å². The summed E-state index contributed by atoms with van der Waals surface area (Å²) in [5, 5.41) is 10.6. The molecule has 6 nitrogen and oxygen atoms in total. The molecule has 192 valence electrons. The van der Waals surface area contributed by atoms with Crippen molar-refractivity contribution < 1.29 is 23.4 Å². The van der Waals surface area contributed by atoms with E-state index in [4.69, 9.17) is 5.84 Å². The lowest BCUT2D eigenvalue weighted by atomic mass is 9.57. The molecule has 0 aliphatic heterocycles. The Morgan fingerprint density at radius 2 is 1.88 bits per heavy atom. The number of nitrogens with two attached hydrogens (primary N) is 1. The molecule has 5 saturated carbocycles. The number of hydrogen-bond donors (Lipinski definition) is 4. The molecule has 8 heteroatoms. The minimum absolute atomic E-state index is 0.0562. The zero-order valence-corrected chi connectivity index (χ0v) is 21.0. The summed E-state index contributed by atoms with van der Waals surface area (Å²) >= 11 is 0. The number of nitrogens with one attached hydrogen (secondary N) is 2. The molecule has 5 N–H and O–H groups in total. The van der Waals surface area contributed by atoms with Crippen LogP contribution < -0.4 is 16.7 Å². The summed E-state index contributed by atoms with van der Waals surface area (Å²) in [6, 6.07) is 0. The Morgan fingerprint density at radius 1 is 1.12 bits per heavy atom. The van der Waals surface area contributed by atoms with Gasteiger partial charge in [0.1, 0.15) is 5.60 Å². The van der Waals surface area contributed by atoms with Gasteiger partial charge in [0.2, 0.25) is 0 Å². The van der Waals surface area contributed by atoms with E-state index in [-0.39, 0.29) is 41.9 Å². The Morgan fingerprint density at radius 3 is 2.59 bits per heavy atom. The van der Waals surface area contributed by atoms with Crippen LogP contribution in [0.1, 0.15) is 78.1 Å². The van der Waals surface area contributed by atoms with Gasteiger partial charge in [0.25, 0.3) is 12.8 Å². The number of halogens is 2. The first-order valence-corrected chi connectivity index (χ1v) is 13.3. The maximum absolute atomic E-state index is 13.6. The standard InChI is InChI=1S/C26H42F2N4O2/c1-23-10-11-26-18-7-9-25(34,22(27)28)13-16(18)4-5-19(26)20(26)12-17(23)6-8-24(23,2)21(33)14-32(29)15-31-30-3/h15-20,22,30,34H,4-14,29H2,1-3H3/p+1. The molecule has 0 saturated heterocycles. The van der Waals surface area contributed by atoms with E-state index in [0.717, 1.165) is 50.9 Å². The summed E-state index contributed by atoms with van der Waals surface area (Å²) in [5.41, 5.74) is 3.62. The molecular formula is C26H43F2N4O2+. The minimum atomic E-state index is -2.65. The van der Waals surface area contributed by atoms with E-state index in [2.05, 4.69) is 24.7 Å². The highest BCUT2D eigenvalue weighted by Gasteiger charge is 2.74. The molecule has 0 amide bonds.